The Kier molecular flexibility index (Phi) is 6.00. The highest BCUT2D eigenvalue weighted by molar-refractivity contribution is 7.92. The van der Waals surface area contributed by atoms with Gasteiger partial charge in [0, 0.05) is 12.0 Å². The van der Waals surface area contributed by atoms with Crippen LogP contribution < -0.4 is 15.8 Å². The Balaban J connectivity index is 0.00000220. The second-order valence-corrected chi connectivity index (χ2v) is 6.93. The fourth-order valence-electron chi connectivity index (χ4n) is 2.37. The first-order valence-electron chi connectivity index (χ1n) is 6.48. The first-order chi connectivity index (χ1) is 9.35. The number of amides is 1. The number of hydrogen-bond acceptors (Lipinski definition) is 4. The van der Waals surface area contributed by atoms with Crippen LogP contribution in [0.3, 0.4) is 0 Å². The molecule has 1 aliphatic rings. The second kappa shape index (κ2) is 7.11. The van der Waals surface area contributed by atoms with Crippen molar-refractivity contribution < 1.29 is 13.2 Å². The normalized spacial score (nSPS) is 21.4. The monoisotopic (exact) mass is 333 g/mol. The van der Waals surface area contributed by atoms with Crippen LogP contribution in [-0.2, 0) is 14.8 Å². The van der Waals surface area contributed by atoms with Crippen LogP contribution in [0, 0.1) is 5.92 Å². The summed E-state index contributed by atoms with van der Waals surface area (Å²) in [6.07, 6.45) is 3.37. The van der Waals surface area contributed by atoms with E-state index >= 15 is 0 Å². The molecule has 1 aromatic rings. The molecule has 2 rings (SSSR count). The minimum atomic E-state index is -3.38. The largest absolute Gasteiger partial charge is 0.328 e. The molecule has 1 aliphatic carbocycles. The van der Waals surface area contributed by atoms with Gasteiger partial charge in [0.25, 0.3) is 0 Å². The van der Waals surface area contributed by atoms with Gasteiger partial charge in [0.2, 0.25) is 15.9 Å². The molecule has 0 bridgehead atoms. The molecule has 0 spiro atoms. The van der Waals surface area contributed by atoms with E-state index in [1.54, 1.807) is 24.3 Å². The molecular formula is C13H20ClN3O3S. The zero-order valence-corrected chi connectivity index (χ0v) is 13.3. The topological polar surface area (TPSA) is 101 Å². The number of nitrogens with two attached hydrogens (primary N) is 1. The summed E-state index contributed by atoms with van der Waals surface area (Å²) in [7, 11) is -3.38. The van der Waals surface area contributed by atoms with E-state index in [1.165, 1.54) is 0 Å². The molecule has 0 heterocycles. The fraction of sp³-hybridized carbons (Fsp3) is 0.462. The molecule has 0 aliphatic heterocycles. The van der Waals surface area contributed by atoms with Crippen molar-refractivity contribution in [2.45, 2.75) is 25.3 Å². The number of para-hydroxylation sites is 2. The Labute approximate surface area is 130 Å². The quantitative estimate of drug-likeness (QED) is 0.778. The molecule has 21 heavy (non-hydrogen) atoms. The van der Waals surface area contributed by atoms with Crippen LogP contribution >= 0.6 is 12.4 Å². The lowest BCUT2D eigenvalue weighted by atomic mass is 10.1. The van der Waals surface area contributed by atoms with Gasteiger partial charge < -0.3 is 11.1 Å². The van der Waals surface area contributed by atoms with Gasteiger partial charge in [-0.25, -0.2) is 8.42 Å². The van der Waals surface area contributed by atoms with Crippen LogP contribution in [0.1, 0.15) is 19.3 Å². The lowest BCUT2D eigenvalue weighted by Gasteiger charge is -2.14. The van der Waals surface area contributed by atoms with Crippen LogP contribution in [-0.4, -0.2) is 26.6 Å². The van der Waals surface area contributed by atoms with Crippen molar-refractivity contribution in [2.24, 2.45) is 11.7 Å². The van der Waals surface area contributed by atoms with Gasteiger partial charge in [-0.3, -0.25) is 9.52 Å². The molecule has 0 radical (unpaired) electrons. The molecule has 1 saturated carbocycles. The zero-order valence-electron chi connectivity index (χ0n) is 11.7. The van der Waals surface area contributed by atoms with Crippen molar-refractivity contribution in [1.29, 1.82) is 0 Å². The highest BCUT2D eigenvalue weighted by Gasteiger charge is 2.28. The summed E-state index contributed by atoms with van der Waals surface area (Å²) in [6, 6.07) is 6.80. The van der Waals surface area contributed by atoms with Gasteiger partial charge in [-0.2, -0.15) is 0 Å². The van der Waals surface area contributed by atoms with Crippen LogP contribution in [0.15, 0.2) is 24.3 Å². The van der Waals surface area contributed by atoms with Crippen LogP contribution in [0.5, 0.6) is 0 Å². The lowest BCUT2D eigenvalue weighted by Crippen LogP contribution is -2.24. The van der Waals surface area contributed by atoms with Gasteiger partial charge in [-0.15, -0.1) is 12.4 Å². The van der Waals surface area contributed by atoms with Crippen molar-refractivity contribution in [3.8, 4) is 0 Å². The molecule has 1 aromatic carbocycles. The SMILES string of the molecule is CS(=O)(=O)Nc1ccccc1NC(=O)C1CCC(N)C1.Cl. The average molecular weight is 334 g/mol. The Morgan fingerprint density at radius 2 is 1.86 bits per heavy atom. The number of halogens is 1. The summed E-state index contributed by atoms with van der Waals surface area (Å²) < 4.78 is 25.0. The summed E-state index contributed by atoms with van der Waals surface area (Å²) in [5, 5.41) is 2.77. The summed E-state index contributed by atoms with van der Waals surface area (Å²) in [4.78, 5) is 12.1. The average Bonchev–Trinajstić information content (AvgIpc) is 2.77. The van der Waals surface area contributed by atoms with Crippen LogP contribution in [0.4, 0.5) is 11.4 Å². The van der Waals surface area contributed by atoms with Gasteiger partial charge >= 0.3 is 0 Å². The molecule has 2 unspecified atom stereocenters. The van der Waals surface area contributed by atoms with Crippen LogP contribution in [0.2, 0.25) is 0 Å². The molecule has 8 heteroatoms. The molecule has 0 aromatic heterocycles. The highest BCUT2D eigenvalue weighted by Crippen LogP contribution is 2.27. The summed E-state index contributed by atoms with van der Waals surface area (Å²) in [5.74, 6) is -0.211. The standard InChI is InChI=1S/C13H19N3O3S.ClH/c1-20(18,19)16-12-5-3-2-4-11(12)15-13(17)9-6-7-10(14)8-9;/h2-5,9-10,16H,6-8,14H2,1H3,(H,15,17);1H. The number of hydrogen-bond donors (Lipinski definition) is 3. The van der Waals surface area contributed by atoms with E-state index in [0.717, 1.165) is 19.1 Å². The number of benzene rings is 1. The van der Waals surface area contributed by atoms with Crippen LogP contribution in [0.25, 0.3) is 0 Å². The van der Waals surface area contributed by atoms with Gasteiger partial charge in [0.05, 0.1) is 17.6 Å². The molecule has 118 valence electrons. The van der Waals surface area contributed by atoms with Gasteiger partial charge in [-0.1, -0.05) is 12.1 Å². The maximum Gasteiger partial charge on any atom is 0.229 e. The molecule has 1 fully saturated rings. The molecule has 2 atom stereocenters. The predicted molar refractivity (Wildman–Crippen MR) is 86.1 cm³/mol. The molecule has 1 amide bonds. The second-order valence-electron chi connectivity index (χ2n) is 5.18. The van der Waals surface area contributed by atoms with E-state index in [0.29, 0.717) is 17.8 Å². The van der Waals surface area contributed by atoms with E-state index in [4.69, 9.17) is 5.73 Å². The zero-order chi connectivity index (χ0) is 14.8. The number of rotatable bonds is 4. The van der Waals surface area contributed by atoms with E-state index < -0.39 is 10.0 Å². The maximum atomic E-state index is 12.1. The highest BCUT2D eigenvalue weighted by atomic mass is 35.5. The molecular weight excluding hydrogens is 314 g/mol. The van der Waals surface area contributed by atoms with Crippen molar-refractivity contribution in [1.82, 2.24) is 0 Å². The minimum Gasteiger partial charge on any atom is -0.328 e. The van der Waals surface area contributed by atoms with Gasteiger partial charge in [-0.05, 0) is 31.4 Å². The van der Waals surface area contributed by atoms with Crippen molar-refractivity contribution in [3.63, 3.8) is 0 Å². The van der Waals surface area contributed by atoms with E-state index in [1.807, 2.05) is 0 Å². The Bertz CT molecular complexity index is 606. The van der Waals surface area contributed by atoms with Crippen molar-refractivity contribution >= 4 is 39.7 Å². The van der Waals surface area contributed by atoms with E-state index in [9.17, 15) is 13.2 Å². The van der Waals surface area contributed by atoms with Crippen molar-refractivity contribution in [3.05, 3.63) is 24.3 Å². The number of nitrogens with one attached hydrogen (secondary N) is 2. The number of carbonyl (C=O) groups is 1. The van der Waals surface area contributed by atoms with Gasteiger partial charge in [0.1, 0.15) is 0 Å². The molecule has 0 saturated heterocycles. The Hall–Kier alpha value is -1.31. The summed E-state index contributed by atoms with van der Waals surface area (Å²) in [6.45, 7) is 0. The third-order valence-electron chi connectivity index (χ3n) is 3.32. The third kappa shape index (κ3) is 5.18. The number of sulfonamides is 1. The number of anilines is 2. The molecule has 6 nitrogen and oxygen atoms in total. The first-order valence-corrected chi connectivity index (χ1v) is 8.37. The van der Waals surface area contributed by atoms with E-state index in [-0.39, 0.29) is 30.3 Å². The Morgan fingerprint density at radius 1 is 1.24 bits per heavy atom. The lowest BCUT2D eigenvalue weighted by molar-refractivity contribution is -0.119. The molecule has 4 N–H and O–H groups in total. The fourth-order valence-corrected chi connectivity index (χ4v) is 2.95. The van der Waals surface area contributed by atoms with E-state index in [2.05, 4.69) is 10.0 Å². The number of carbonyl (C=O) groups excluding carboxylic acids is 1. The van der Waals surface area contributed by atoms with Crippen molar-refractivity contribution in [2.75, 3.05) is 16.3 Å². The summed E-state index contributed by atoms with van der Waals surface area (Å²) >= 11 is 0. The maximum absolute atomic E-state index is 12.1. The third-order valence-corrected chi connectivity index (χ3v) is 3.91. The predicted octanol–water partition coefficient (Wildman–Crippen LogP) is 1.55. The first kappa shape index (κ1) is 17.7. The smallest absolute Gasteiger partial charge is 0.229 e. The van der Waals surface area contributed by atoms with Gasteiger partial charge in [0.15, 0.2) is 0 Å². The minimum absolute atomic E-state index is 0. The Morgan fingerprint density at radius 3 is 2.38 bits per heavy atom. The summed E-state index contributed by atoms with van der Waals surface area (Å²) in [5.41, 5.74) is 6.63.